The first-order valence-electron chi connectivity index (χ1n) is 7.24. The summed E-state index contributed by atoms with van der Waals surface area (Å²) >= 11 is 0. The highest BCUT2D eigenvalue weighted by atomic mass is 15.3. The Hall–Kier alpha value is -1.16. The monoisotopic (exact) mass is 246 g/mol. The van der Waals surface area contributed by atoms with Crippen molar-refractivity contribution in [1.29, 1.82) is 0 Å². The SMILES string of the molecule is c1nc(N2CCNCC2)nc2c1CCCCCC2. The molecule has 0 atom stereocenters. The number of rotatable bonds is 1. The van der Waals surface area contributed by atoms with Crippen molar-refractivity contribution in [3.8, 4) is 0 Å². The molecule has 0 bridgehead atoms. The zero-order chi connectivity index (χ0) is 12.2. The highest BCUT2D eigenvalue weighted by Crippen LogP contribution is 2.20. The van der Waals surface area contributed by atoms with Gasteiger partial charge in [0.25, 0.3) is 0 Å². The Morgan fingerprint density at radius 2 is 1.78 bits per heavy atom. The molecule has 3 rings (SSSR count). The molecule has 1 fully saturated rings. The molecular weight excluding hydrogens is 224 g/mol. The lowest BCUT2D eigenvalue weighted by molar-refractivity contribution is 0.572. The Bertz CT molecular complexity index is 399. The highest BCUT2D eigenvalue weighted by molar-refractivity contribution is 5.34. The molecule has 4 heteroatoms. The van der Waals surface area contributed by atoms with E-state index in [0.29, 0.717) is 0 Å². The van der Waals surface area contributed by atoms with Crippen LogP contribution in [0.3, 0.4) is 0 Å². The number of anilines is 1. The lowest BCUT2D eigenvalue weighted by atomic mass is 9.98. The lowest BCUT2D eigenvalue weighted by Gasteiger charge is -2.28. The average molecular weight is 246 g/mol. The van der Waals surface area contributed by atoms with Gasteiger partial charge < -0.3 is 10.2 Å². The van der Waals surface area contributed by atoms with Gasteiger partial charge in [-0.2, -0.15) is 0 Å². The lowest BCUT2D eigenvalue weighted by Crippen LogP contribution is -2.44. The first kappa shape index (κ1) is 11.9. The number of fused-ring (bicyclic) bond motifs is 1. The number of aromatic nitrogens is 2. The fourth-order valence-corrected chi connectivity index (χ4v) is 2.84. The third-order valence-electron chi connectivity index (χ3n) is 3.95. The van der Waals surface area contributed by atoms with E-state index in [1.807, 2.05) is 0 Å². The summed E-state index contributed by atoms with van der Waals surface area (Å²) in [5, 5.41) is 3.37. The zero-order valence-corrected chi connectivity index (χ0v) is 11.0. The molecule has 1 N–H and O–H groups in total. The Labute approximate surface area is 109 Å². The Morgan fingerprint density at radius 3 is 2.61 bits per heavy atom. The minimum absolute atomic E-state index is 0.941. The molecule has 0 saturated carbocycles. The van der Waals surface area contributed by atoms with Gasteiger partial charge in [-0.1, -0.05) is 12.8 Å². The fraction of sp³-hybridized carbons (Fsp3) is 0.714. The second-order valence-electron chi connectivity index (χ2n) is 5.29. The van der Waals surface area contributed by atoms with E-state index in [0.717, 1.165) is 45.0 Å². The molecule has 1 aliphatic carbocycles. The van der Waals surface area contributed by atoms with Crippen LogP contribution >= 0.6 is 0 Å². The summed E-state index contributed by atoms with van der Waals surface area (Å²) in [4.78, 5) is 11.7. The van der Waals surface area contributed by atoms with E-state index >= 15 is 0 Å². The summed E-state index contributed by atoms with van der Waals surface area (Å²) in [6, 6.07) is 0. The Kier molecular flexibility index (Phi) is 3.74. The van der Waals surface area contributed by atoms with Crippen LogP contribution in [0.2, 0.25) is 0 Å². The maximum Gasteiger partial charge on any atom is 0.225 e. The number of aryl methyl sites for hydroxylation is 2. The molecule has 1 aromatic heterocycles. The zero-order valence-electron chi connectivity index (χ0n) is 11.0. The Morgan fingerprint density at radius 1 is 1.00 bits per heavy atom. The highest BCUT2D eigenvalue weighted by Gasteiger charge is 2.16. The topological polar surface area (TPSA) is 41.1 Å². The molecule has 0 amide bonds. The van der Waals surface area contributed by atoms with Crippen LogP contribution in [0.1, 0.15) is 36.9 Å². The molecule has 1 aliphatic heterocycles. The number of nitrogens with zero attached hydrogens (tertiary/aromatic N) is 3. The molecular formula is C14H22N4. The fourth-order valence-electron chi connectivity index (χ4n) is 2.84. The van der Waals surface area contributed by atoms with Gasteiger partial charge in [-0.25, -0.2) is 9.97 Å². The van der Waals surface area contributed by atoms with Gasteiger partial charge in [-0.15, -0.1) is 0 Å². The van der Waals surface area contributed by atoms with Crippen LogP contribution in [-0.2, 0) is 12.8 Å². The smallest absolute Gasteiger partial charge is 0.225 e. The minimum atomic E-state index is 0.941. The van der Waals surface area contributed by atoms with Crippen LogP contribution in [0.25, 0.3) is 0 Å². The number of hydrogen-bond donors (Lipinski definition) is 1. The number of piperazine rings is 1. The second kappa shape index (κ2) is 5.65. The molecule has 4 nitrogen and oxygen atoms in total. The van der Waals surface area contributed by atoms with E-state index in [2.05, 4.69) is 21.4 Å². The van der Waals surface area contributed by atoms with Crippen molar-refractivity contribution >= 4 is 5.95 Å². The van der Waals surface area contributed by atoms with Crippen LogP contribution in [0.4, 0.5) is 5.95 Å². The van der Waals surface area contributed by atoms with Crippen LogP contribution in [0.5, 0.6) is 0 Å². The summed E-state index contributed by atoms with van der Waals surface area (Å²) in [7, 11) is 0. The molecule has 1 saturated heterocycles. The van der Waals surface area contributed by atoms with Crippen molar-refractivity contribution in [3.05, 3.63) is 17.5 Å². The third-order valence-corrected chi connectivity index (χ3v) is 3.95. The van der Waals surface area contributed by atoms with E-state index in [-0.39, 0.29) is 0 Å². The third kappa shape index (κ3) is 2.64. The Balaban J connectivity index is 1.81. The van der Waals surface area contributed by atoms with Crippen molar-refractivity contribution in [2.24, 2.45) is 0 Å². The van der Waals surface area contributed by atoms with Crippen LogP contribution < -0.4 is 10.2 Å². The van der Waals surface area contributed by atoms with E-state index in [9.17, 15) is 0 Å². The summed E-state index contributed by atoms with van der Waals surface area (Å²) in [5.74, 6) is 0.941. The number of hydrogen-bond acceptors (Lipinski definition) is 4. The van der Waals surface area contributed by atoms with Gasteiger partial charge in [0.2, 0.25) is 5.95 Å². The van der Waals surface area contributed by atoms with Gasteiger partial charge in [0.05, 0.1) is 0 Å². The van der Waals surface area contributed by atoms with E-state index in [4.69, 9.17) is 4.98 Å². The van der Waals surface area contributed by atoms with Crippen LogP contribution in [-0.4, -0.2) is 36.1 Å². The molecule has 0 aromatic carbocycles. The molecule has 0 radical (unpaired) electrons. The first-order valence-corrected chi connectivity index (χ1v) is 7.24. The summed E-state index contributed by atoms with van der Waals surface area (Å²) in [6.45, 7) is 4.14. The predicted molar refractivity (Wildman–Crippen MR) is 73.0 cm³/mol. The average Bonchev–Trinajstić information content (AvgIpc) is 2.40. The van der Waals surface area contributed by atoms with Crippen LogP contribution in [0, 0.1) is 0 Å². The van der Waals surface area contributed by atoms with Gasteiger partial charge in [-0.05, 0) is 31.2 Å². The van der Waals surface area contributed by atoms with Gasteiger partial charge >= 0.3 is 0 Å². The number of nitrogens with one attached hydrogen (secondary N) is 1. The molecule has 0 spiro atoms. The normalized spacial score (nSPS) is 21.0. The van der Waals surface area contributed by atoms with Gasteiger partial charge in [0.15, 0.2) is 0 Å². The van der Waals surface area contributed by atoms with Crippen molar-refractivity contribution in [3.63, 3.8) is 0 Å². The maximum absolute atomic E-state index is 4.83. The van der Waals surface area contributed by atoms with Crippen molar-refractivity contribution in [1.82, 2.24) is 15.3 Å². The quantitative estimate of drug-likeness (QED) is 0.816. The molecule has 18 heavy (non-hydrogen) atoms. The molecule has 98 valence electrons. The van der Waals surface area contributed by atoms with Crippen molar-refractivity contribution < 1.29 is 0 Å². The van der Waals surface area contributed by atoms with Gasteiger partial charge in [-0.3, -0.25) is 0 Å². The molecule has 0 unspecified atom stereocenters. The van der Waals surface area contributed by atoms with E-state index in [1.54, 1.807) is 0 Å². The minimum Gasteiger partial charge on any atom is -0.338 e. The van der Waals surface area contributed by atoms with E-state index < -0.39 is 0 Å². The van der Waals surface area contributed by atoms with Crippen molar-refractivity contribution in [2.75, 3.05) is 31.1 Å². The standard InChI is InChI=1S/C14H22N4/c1-2-4-6-13-12(5-3-1)11-16-14(17-13)18-9-7-15-8-10-18/h11,15H,1-10H2. The maximum atomic E-state index is 4.83. The molecule has 2 aliphatic rings. The van der Waals surface area contributed by atoms with Crippen molar-refractivity contribution in [2.45, 2.75) is 38.5 Å². The summed E-state index contributed by atoms with van der Waals surface area (Å²) in [5.41, 5.74) is 2.69. The largest absolute Gasteiger partial charge is 0.338 e. The molecule has 2 heterocycles. The second-order valence-corrected chi connectivity index (χ2v) is 5.29. The summed E-state index contributed by atoms with van der Waals surface area (Å²) in [6.07, 6.45) is 9.67. The first-order chi connectivity index (χ1) is 8.93. The van der Waals surface area contributed by atoms with Gasteiger partial charge in [0, 0.05) is 38.1 Å². The molecule has 1 aromatic rings. The van der Waals surface area contributed by atoms with Gasteiger partial charge in [0.1, 0.15) is 0 Å². The van der Waals surface area contributed by atoms with E-state index in [1.165, 1.54) is 36.9 Å². The predicted octanol–water partition coefficient (Wildman–Crippen LogP) is 1.55. The van der Waals surface area contributed by atoms with Crippen LogP contribution in [0.15, 0.2) is 6.20 Å². The summed E-state index contributed by atoms with van der Waals surface area (Å²) < 4.78 is 0.